The van der Waals surface area contributed by atoms with E-state index in [1.165, 1.54) is 7.11 Å². The molecule has 0 spiro atoms. The monoisotopic (exact) mass is 333 g/mol. The largest absolute Gasteiger partial charge is 0.468 e. The van der Waals surface area contributed by atoms with Gasteiger partial charge >= 0.3 is 5.97 Å². The second-order valence-electron chi connectivity index (χ2n) is 6.65. The highest BCUT2D eigenvalue weighted by atomic mass is 16.5. The van der Waals surface area contributed by atoms with Gasteiger partial charge in [-0.1, -0.05) is 30.3 Å². The average Bonchev–Trinajstić information content (AvgIpc) is 2.62. The van der Waals surface area contributed by atoms with E-state index in [1.54, 1.807) is 0 Å². The maximum atomic E-state index is 12.0. The lowest BCUT2D eigenvalue weighted by Gasteiger charge is -2.37. The van der Waals surface area contributed by atoms with Crippen LogP contribution >= 0.6 is 0 Å². The molecule has 2 rings (SSSR count). The van der Waals surface area contributed by atoms with Crippen molar-refractivity contribution in [3.05, 3.63) is 35.9 Å². The number of piperazine rings is 1. The van der Waals surface area contributed by atoms with E-state index in [1.807, 2.05) is 30.3 Å². The highest BCUT2D eigenvalue weighted by molar-refractivity contribution is 5.77. The van der Waals surface area contributed by atoms with Crippen molar-refractivity contribution in [3.63, 3.8) is 0 Å². The number of esters is 1. The normalized spacial score (nSPS) is 17.8. The van der Waals surface area contributed by atoms with E-state index < -0.39 is 0 Å². The van der Waals surface area contributed by atoms with Crippen LogP contribution in [-0.2, 0) is 9.53 Å². The predicted molar refractivity (Wildman–Crippen MR) is 97.0 cm³/mol. The number of nitrogens with zero attached hydrogens (tertiary/aromatic N) is 2. The van der Waals surface area contributed by atoms with Crippen LogP contribution in [0.25, 0.3) is 0 Å². The van der Waals surface area contributed by atoms with Crippen LogP contribution < -0.4 is 5.32 Å². The number of methoxy groups -OCH3 is 1. The number of hydrogen-bond donors (Lipinski definition) is 1. The molecule has 0 amide bonds. The number of rotatable bonds is 8. The van der Waals surface area contributed by atoms with E-state index in [4.69, 9.17) is 4.74 Å². The van der Waals surface area contributed by atoms with Gasteiger partial charge in [0.15, 0.2) is 0 Å². The first-order valence-corrected chi connectivity index (χ1v) is 8.94. The van der Waals surface area contributed by atoms with Gasteiger partial charge in [0.1, 0.15) is 6.04 Å². The fourth-order valence-corrected chi connectivity index (χ4v) is 3.15. The van der Waals surface area contributed by atoms with Gasteiger partial charge in [0.25, 0.3) is 0 Å². The summed E-state index contributed by atoms with van der Waals surface area (Å²) < 4.78 is 4.93. The van der Waals surface area contributed by atoms with Gasteiger partial charge < -0.3 is 15.0 Å². The molecule has 1 N–H and O–H groups in total. The molecule has 5 nitrogen and oxygen atoms in total. The first-order chi connectivity index (χ1) is 11.6. The highest BCUT2D eigenvalue weighted by Gasteiger charge is 2.21. The van der Waals surface area contributed by atoms with Gasteiger partial charge in [0.05, 0.1) is 7.11 Å². The Bertz CT molecular complexity index is 485. The summed E-state index contributed by atoms with van der Waals surface area (Å²) in [5, 5.41) is 3.34. The van der Waals surface area contributed by atoms with Gasteiger partial charge in [-0.15, -0.1) is 0 Å². The average molecular weight is 333 g/mol. The van der Waals surface area contributed by atoms with Gasteiger partial charge in [0, 0.05) is 32.2 Å². The van der Waals surface area contributed by atoms with E-state index >= 15 is 0 Å². The Morgan fingerprint density at radius 2 is 1.83 bits per heavy atom. The maximum Gasteiger partial charge on any atom is 0.327 e. The predicted octanol–water partition coefficient (Wildman–Crippen LogP) is 1.91. The number of hydrogen-bond acceptors (Lipinski definition) is 5. The summed E-state index contributed by atoms with van der Waals surface area (Å²) >= 11 is 0. The summed E-state index contributed by atoms with van der Waals surface area (Å²) in [4.78, 5) is 17.0. The number of carbonyl (C=O) groups is 1. The third-order valence-corrected chi connectivity index (χ3v) is 4.71. The molecule has 0 bridgehead atoms. The molecule has 1 aromatic carbocycles. The minimum atomic E-state index is -0.381. The Balaban J connectivity index is 1.73. The van der Waals surface area contributed by atoms with Crippen molar-refractivity contribution in [1.82, 2.24) is 15.1 Å². The Morgan fingerprint density at radius 3 is 2.42 bits per heavy atom. The molecule has 1 atom stereocenters. The quantitative estimate of drug-likeness (QED) is 0.581. The summed E-state index contributed by atoms with van der Waals surface area (Å²) in [5.74, 6) is -0.230. The molecular weight excluding hydrogens is 302 g/mol. The van der Waals surface area contributed by atoms with Crippen LogP contribution in [0.3, 0.4) is 0 Å². The first kappa shape index (κ1) is 18.9. The van der Waals surface area contributed by atoms with E-state index in [0.29, 0.717) is 6.04 Å². The Morgan fingerprint density at radius 1 is 1.17 bits per heavy atom. The SMILES string of the molecule is COC(=O)[C@@H](NCCCN1CCN(C(C)C)CC1)c1ccccc1. The second kappa shape index (κ2) is 9.77. The molecule has 0 aromatic heterocycles. The Kier molecular flexibility index (Phi) is 7.69. The number of carbonyl (C=O) groups excluding carboxylic acids is 1. The molecule has 134 valence electrons. The molecule has 1 aromatic rings. The third kappa shape index (κ3) is 5.58. The standard InChI is InChI=1S/C19H31N3O2/c1-16(2)22-14-12-21(13-15-22)11-7-10-20-18(19(23)24-3)17-8-5-4-6-9-17/h4-6,8-9,16,18,20H,7,10-15H2,1-3H3/t18-/m0/s1. The molecule has 0 saturated carbocycles. The van der Waals surface area contributed by atoms with Crippen molar-refractivity contribution in [1.29, 1.82) is 0 Å². The third-order valence-electron chi connectivity index (χ3n) is 4.71. The van der Waals surface area contributed by atoms with Gasteiger partial charge in [0.2, 0.25) is 0 Å². The molecule has 0 radical (unpaired) electrons. The molecule has 0 aliphatic carbocycles. The highest BCUT2D eigenvalue weighted by Crippen LogP contribution is 2.14. The smallest absolute Gasteiger partial charge is 0.327 e. The van der Waals surface area contributed by atoms with Gasteiger partial charge in [-0.25, -0.2) is 4.79 Å². The van der Waals surface area contributed by atoms with E-state index in [2.05, 4.69) is 29.0 Å². The van der Waals surface area contributed by atoms with Gasteiger partial charge in [-0.05, 0) is 38.9 Å². The Hall–Kier alpha value is -1.43. The summed E-state index contributed by atoms with van der Waals surface area (Å²) in [6, 6.07) is 10.0. The number of benzene rings is 1. The second-order valence-corrected chi connectivity index (χ2v) is 6.65. The van der Waals surface area contributed by atoms with Crippen LogP contribution in [0.4, 0.5) is 0 Å². The topological polar surface area (TPSA) is 44.8 Å². The fraction of sp³-hybridized carbons (Fsp3) is 0.632. The molecule has 1 saturated heterocycles. The molecule has 0 unspecified atom stereocenters. The Labute approximate surface area is 146 Å². The molecule has 5 heteroatoms. The minimum Gasteiger partial charge on any atom is -0.468 e. The van der Waals surface area contributed by atoms with E-state index in [0.717, 1.165) is 51.3 Å². The molecule has 1 aliphatic rings. The van der Waals surface area contributed by atoms with Crippen LogP contribution in [0.2, 0.25) is 0 Å². The first-order valence-electron chi connectivity index (χ1n) is 8.94. The van der Waals surface area contributed by atoms with Crippen molar-refractivity contribution in [3.8, 4) is 0 Å². The van der Waals surface area contributed by atoms with E-state index in [9.17, 15) is 4.79 Å². The van der Waals surface area contributed by atoms with Crippen molar-refractivity contribution >= 4 is 5.97 Å². The molecular formula is C19H31N3O2. The fourth-order valence-electron chi connectivity index (χ4n) is 3.15. The lowest BCUT2D eigenvalue weighted by Crippen LogP contribution is -2.49. The minimum absolute atomic E-state index is 0.230. The van der Waals surface area contributed by atoms with Crippen molar-refractivity contribution < 1.29 is 9.53 Å². The molecule has 1 aliphatic heterocycles. The van der Waals surface area contributed by atoms with Crippen molar-refractivity contribution in [2.75, 3.05) is 46.4 Å². The summed E-state index contributed by atoms with van der Waals surface area (Å²) in [7, 11) is 1.44. The molecule has 24 heavy (non-hydrogen) atoms. The lowest BCUT2D eigenvalue weighted by molar-refractivity contribution is -0.143. The summed E-state index contributed by atoms with van der Waals surface area (Å²) in [5.41, 5.74) is 0.954. The van der Waals surface area contributed by atoms with Crippen LogP contribution in [0, 0.1) is 0 Å². The van der Waals surface area contributed by atoms with Crippen LogP contribution in [-0.4, -0.2) is 68.2 Å². The van der Waals surface area contributed by atoms with Crippen molar-refractivity contribution in [2.24, 2.45) is 0 Å². The van der Waals surface area contributed by atoms with Crippen LogP contribution in [0.1, 0.15) is 31.9 Å². The number of nitrogens with one attached hydrogen (secondary N) is 1. The van der Waals surface area contributed by atoms with Gasteiger partial charge in [-0.3, -0.25) is 4.90 Å². The summed E-state index contributed by atoms with van der Waals surface area (Å²) in [6.45, 7) is 11.0. The maximum absolute atomic E-state index is 12.0. The number of ether oxygens (including phenoxy) is 1. The van der Waals surface area contributed by atoms with Gasteiger partial charge in [-0.2, -0.15) is 0 Å². The zero-order chi connectivity index (χ0) is 17.4. The van der Waals surface area contributed by atoms with E-state index in [-0.39, 0.29) is 12.0 Å². The molecule has 1 fully saturated rings. The zero-order valence-electron chi connectivity index (χ0n) is 15.2. The molecule has 1 heterocycles. The van der Waals surface area contributed by atoms with Crippen LogP contribution in [0.5, 0.6) is 0 Å². The lowest BCUT2D eigenvalue weighted by atomic mass is 10.1. The zero-order valence-corrected chi connectivity index (χ0v) is 15.2. The van der Waals surface area contributed by atoms with Crippen LogP contribution in [0.15, 0.2) is 30.3 Å². The summed E-state index contributed by atoms with van der Waals surface area (Å²) in [6.07, 6.45) is 1.03. The van der Waals surface area contributed by atoms with Crippen molar-refractivity contribution in [2.45, 2.75) is 32.4 Å².